The second-order valence-electron chi connectivity index (χ2n) is 5.77. The lowest BCUT2D eigenvalue weighted by atomic mass is 10.0. The van der Waals surface area contributed by atoms with Crippen LogP contribution in [0.4, 0.5) is 0 Å². The minimum Gasteiger partial charge on any atom is -0.367 e. The van der Waals surface area contributed by atoms with Gasteiger partial charge in [-0.1, -0.05) is 25.0 Å². The van der Waals surface area contributed by atoms with E-state index in [0.29, 0.717) is 6.04 Å². The highest BCUT2D eigenvalue weighted by Gasteiger charge is 2.28. The topological polar surface area (TPSA) is 54.0 Å². The van der Waals surface area contributed by atoms with E-state index in [1.165, 1.54) is 32.1 Å². The molecule has 0 radical (unpaired) electrons. The molecule has 0 amide bonds. The fourth-order valence-corrected chi connectivity index (χ4v) is 3.08. The summed E-state index contributed by atoms with van der Waals surface area (Å²) in [5.41, 5.74) is 0. The largest absolute Gasteiger partial charge is 0.367 e. The van der Waals surface area contributed by atoms with Crippen molar-refractivity contribution in [1.82, 2.24) is 20.1 Å². The molecule has 5 heteroatoms. The SMILES string of the molecule is Cc1nc(C2CN(C3/C=C\CCCCC3)CCO2)n[nH]1. The number of nitrogens with one attached hydrogen (secondary N) is 1. The Kier molecular flexibility index (Phi) is 4.47. The number of nitrogens with zero attached hydrogens (tertiary/aromatic N) is 3. The standard InChI is InChI=1S/C15H24N4O/c1-12-16-15(18-17-12)14-11-19(9-10-20-14)13-7-5-3-2-4-6-8-13/h5,7,13-14H,2-4,6,8-11H2,1H3,(H,16,17,18)/b7-5-. The number of morpholine rings is 1. The Morgan fingerprint density at radius 1 is 1.35 bits per heavy atom. The molecular weight excluding hydrogens is 252 g/mol. The second-order valence-corrected chi connectivity index (χ2v) is 5.77. The summed E-state index contributed by atoms with van der Waals surface area (Å²) in [6.45, 7) is 4.60. The summed E-state index contributed by atoms with van der Waals surface area (Å²) in [5.74, 6) is 1.65. The molecule has 0 spiro atoms. The van der Waals surface area contributed by atoms with E-state index in [-0.39, 0.29) is 6.10 Å². The summed E-state index contributed by atoms with van der Waals surface area (Å²) in [6.07, 6.45) is 11.3. The van der Waals surface area contributed by atoms with Gasteiger partial charge in [-0.15, -0.1) is 0 Å². The molecule has 20 heavy (non-hydrogen) atoms. The summed E-state index contributed by atoms with van der Waals surface area (Å²) in [4.78, 5) is 6.94. The molecule has 1 N–H and O–H groups in total. The maximum absolute atomic E-state index is 5.84. The number of hydrogen-bond donors (Lipinski definition) is 1. The number of rotatable bonds is 2. The Labute approximate surface area is 120 Å². The molecule has 2 atom stereocenters. The first kappa shape index (κ1) is 13.8. The van der Waals surface area contributed by atoms with Crippen LogP contribution in [0.3, 0.4) is 0 Å². The molecule has 2 heterocycles. The first-order chi connectivity index (χ1) is 9.83. The van der Waals surface area contributed by atoms with Gasteiger partial charge in [0.2, 0.25) is 0 Å². The Hall–Kier alpha value is -1.20. The van der Waals surface area contributed by atoms with Gasteiger partial charge in [0.25, 0.3) is 0 Å². The van der Waals surface area contributed by atoms with Crippen LogP contribution in [0.2, 0.25) is 0 Å². The number of ether oxygens (including phenoxy) is 1. The van der Waals surface area contributed by atoms with Crippen molar-refractivity contribution >= 4 is 0 Å². The molecular formula is C15H24N4O. The summed E-state index contributed by atoms with van der Waals surface area (Å²) >= 11 is 0. The van der Waals surface area contributed by atoms with Crippen LogP contribution in [0, 0.1) is 6.92 Å². The number of aromatic nitrogens is 3. The van der Waals surface area contributed by atoms with Gasteiger partial charge in [0.1, 0.15) is 11.9 Å². The van der Waals surface area contributed by atoms with Gasteiger partial charge in [-0.25, -0.2) is 4.98 Å². The van der Waals surface area contributed by atoms with Crippen LogP contribution in [-0.2, 0) is 4.74 Å². The molecule has 0 aromatic carbocycles. The Bertz CT molecular complexity index is 456. The molecule has 0 bridgehead atoms. The third-order valence-corrected chi connectivity index (χ3v) is 4.20. The quantitative estimate of drug-likeness (QED) is 0.843. The van der Waals surface area contributed by atoms with Gasteiger partial charge in [-0.3, -0.25) is 10.00 Å². The fraction of sp³-hybridized carbons (Fsp3) is 0.733. The zero-order chi connectivity index (χ0) is 13.8. The van der Waals surface area contributed by atoms with Gasteiger partial charge >= 0.3 is 0 Å². The lowest BCUT2D eigenvalue weighted by molar-refractivity contribution is -0.0440. The van der Waals surface area contributed by atoms with Crippen molar-refractivity contribution in [2.75, 3.05) is 19.7 Å². The van der Waals surface area contributed by atoms with Crippen LogP contribution in [0.5, 0.6) is 0 Å². The highest BCUT2D eigenvalue weighted by molar-refractivity contribution is 5.00. The third-order valence-electron chi connectivity index (χ3n) is 4.20. The summed E-state index contributed by atoms with van der Waals surface area (Å²) in [6, 6.07) is 0.557. The molecule has 2 unspecified atom stereocenters. The van der Waals surface area contributed by atoms with E-state index in [2.05, 4.69) is 32.2 Å². The van der Waals surface area contributed by atoms with Gasteiger partial charge in [0.05, 0.1) is 6.61 Å². The minimum atomic E-state index is 0.00698. The number of aryl methyl sites for hydroxylation is 1. The molecule has 5 nitrogen and oxygen atoms in total. The van der Waals surface area contributed by atoms with Gasteiger partial charge in [-0.2, -0.15) is 5.10 Å². The van der Waals surface area contributed by atoms with Crippen LogP contribution in [0.25, 0.3) is 0 Å². The van der Waals surface area contributed by atoms with E-state index < -0.39 is 0 Å². The van der Waals surface area contributed by atoms with E-state index in [0.717, 1.165) is 31.3 Å². The van der Waals surface area contributed by atoms with Gasteiger partial charge < -0.3 is 4.74 Å². The van der Waals surface area contributed by atoms with E-state index in [9.17, 15) is 0 Å². The molecule has 110 valence electrons. The maximum atomic E-state index is 5.84. The Morgan fingerprint density at radius 2 is 2.30 bits per heavy atom. The monoisotopic (exact) mass is 276 g/mol. The van der Waals surface area contributed by atoms with Crippen LogP contribution in [-0.4, -0.2) is 45.8 Å². The van der Waals surface area contributed by atoms with Crippen molar-refractivity contribution in [3.05, 3.63) is 23.8 Å². The van der Waals surface area contributed by atoms with Crippen LogP contribution in [0.15, 0.2) is 12.2 Å². The summed E-state index contributed by atoms with van der Waals surface area (Å²) in [7, 11) is 0. The van der Waals surface area contributed by atoms with Gasteiger partial charge in [0.15, 0.2) is 5.82 Å². The molecule has 1 aromatic rings. The summed E-state index contributed by atoms with van der Waals surface area (Å²) < 4.78 is 5.84. The molecule has 1 aromatic heterocycles. The van der Waals surface area contributed by atoms with Crippen LogP contribution >= 0.6 is 0 Å². The number of H-pyrrole nitrogens is 1. The van der Waals surface area contributed by atoms with E-state index >= 15 is 0 Å². The Morgan fingerprint density at radius 3 is 3.15 bits per heavy atom. The van der Waals surface area contributed by atoms with E-state index in [1.807, 2.05) is 6.92 Å². The van der Waals surface area contributed by atoms with Crippen molar-refractivity contribution < 1.29 is 4.74 Å². The molecule has 1 fully saturated rings. The predicted octanol–water partition coefficient (Wildman–Crippen LogP) is 2.38. The molecule has 1 aliphatic heterocycles. The lowest BCUT2D eigenvalue weighted by Crippen LogP contribution is -2.44. The molecule has 1 saturated heterocycles. The third kappa shape index (κ3) is 3.27. The van der Waals surface area contributed by atoms with E-state index in [1.54, 1.807) is 0 Å². The zero-order valence-electron chi connectivity index (χ0n) is 12.2. The van der Waals surface area contributed by atoms with Gasteiger partial charge in [-0.05, 0) is 26.2 Å². The predicted molar refractivity (Wildman–Crippen MR) is 77.4 cm³/mol. The molecule has 1 aliphatic carbocycles. The average Bonchev–Trinajstić information content (AvgIpc) is 2.85. The highest BCUT2D eigenvalue weighted by atomic mass is 16.5. The Balaban J connectivity index is 1.66. The smallest absolute Gasteiger partial charge is 0.180 e. The van der Waals surface area contributed by atoms with E-state index in [4.69, 9.17) is 4.74 Å². The highest BCUT2D eigenvalue weighted by Crippen LogP contribution is 2.24. The second kappa shape index (κ2) is 6.50. The first-order valence-corrected chi connectivity index (χ1v) is 7.74. The summed E-state index contributed by atoms with van der Waals surface area (Å²) in [5, 5.41) is 7.15. The number of allylic oxidation sites excluding steroid dienone is 1. The molecule has 2 aliphatic rings. The van der Waals surface area contributed by atoms with Gasteiger partial charge in [0, 0.05) is 19.1 Å². The van der Waals surface area contributed by atoms with Crippen molar-refractivity contribution in [3.8, 4) is 0 Å². The first-order valence-electron chi connectivity index (χ1n) is 7.74. The maximum Gasteiger partial charge on any atom is 0.180 e. The number of aromatic amines is 1. The normalized spacial score (nSPS) is 30.6. The van der Waals surface area contributed by atoms with Crippen molar-refractivity contribution in [1.29, 1.82) is 0 Å². The van der Waals surface area contributed by atoms with Crippen LogP contribution in [0.1, 0.15) is 49.9 Å². The molecule has 3 rings (SSSR count). The van der Waals surface area contributed by atoms with Crippen molar-refractivity contribution in [2.24, 2.45) is 0 Å². The minimum absolute atomic E-state index is 0.00698. The van der Waals surface area contributed by atoms with Crippen molar-refractivity contribution in [2.45, 2.75) is 51.2 Å². The van der Waals surface area contributed by atoms with Crippen LogP contribution < -0.4 is 0 Å². The number of hydrogen-bond acceptors (Lipinski definition) is 4. The molecule has 0 saturated carbocycles. The zero-order valence-corrected chi connectivity index (χ0v) is 12.2. The lowest BCUT2D eigenvalue weighted by Gasteiger charge is -2.36. The van der Waals surface area contributed by atoms with Crippen molar-refractivity contribution in [3.63, 3.8) is 0 Å². The average molecular weight is 276 g/mol. The fourth-order valence-electron chi connectivity index (χ4n) is 3.08.